The van der Waals surface area contributed by atoms with Crippen molar-refractivity contribution in [2.24, 2.45) is 0 Å². The van der Waals surface area contributed by atoms with Crippen molar-refractivity contribution < 1.29 is 9.15 Å². The fraction of sp³-hybridized carbons (Fsp3) is 0.667. The van der Waals surface area contributed by atoms with E-state index in [1.54, 1.807) is 0 Å². The predicted octanol–water partition coefficient (Wildman–Crippen LogP) is 1.35. The Balaban J connectivity index is 1.33. The molecule has 1 aliphatic heterocycles. The van der Waals surface area contributed by atoms with E-state index in [4.69, 9.17) is 9.15 Å². The molecule has 1 atom stereocenters. The second-order valence-corrected chi connectivity index (χ2v) is 6.28. The summed E-state index contributed by atoms with van der Waals surface area (Å²) >= 11 is 0. The van der Waals surface area contributed by atoms with Gasteiger partial charge in [0.2, 0.25) is 11.8 Å². The number of nitrogens with zero attached hydrogens (tertiary/aromatic N) is 5. The van der Waals surface area contributed by atoms with E-state index in [2.05, 4.69) is 20.2 Å². The second-order valence-electron chi connectivity index (χ2n) is 6.28. The van der Waals surface area contributed by atoms with E-state index in [0.717, 1.165) is 38.0 Å². The molecule has 0 unspecified atom stereocenters. The summed E-state index contributed by atoms with van der Waals surface area (Å²) in [6.07, 6.45) is 6.44. The van der Waals surface area contributed by atoms with Crippen LogP contribution in [0.2, 0.25) is 0 Å². The number of ether oxygens (including phenoxy) is 1. The first kappa shape index (κ1) is 13.9. The van der Waals surface area contributed by atoms with Gasteiger partial charge in [0.1, 0.15) is 0 Å². The zero-order valence-corrected chi connectivity index (χ0v) is 12.8. The molecule has 4 rings (SSSR count). The monoisotopic (exact) mass is 303 g/mol. The van der Waals surface area contributed by atoms with Crippen molar-refractivity contribution in [3.8, 4) is 0 Å². The van der Waals surface area contributed by atoms with Gasteiger partial charge in [-0.05, 0) is 25.3 Å². The topological polar surface area (TPSA) is 69.2 Å². The van der Waals surface area contributed by atoms with Gasteiger partial charge < -0.3 is 9.15 Å². The molecule has 118 valence electrons. The van der Waals surface area contributed by atoms with E-state index >= 15 is 0 Å². The van der Waals surface area contributed by atoms with Crippen molar-refractivity contribution in [3.63, 3.8) is 0 Å². The summed E-state index contributed by atoms with van der Waals surface area (Å²) in [6.45, 7) is 6.02. The maximum atomic E-state index is 5.84. The third kappa shape index (κ3) is 3.20. The second kappa shape index (κ2) is 5.81. The van der Waals surface area contributed by atoms with Gasteiger partial charge in [0.15, 0.2) is 0 Å². The van der Waals surface area contributed by atoms with Crippen LogP contribution in [0.5, 0.6) is 0 Å². The first-order valence-corrected chi connectivity index (χ1v) is 7.91. The molecule has 0 N–H and O–H groups in total. The first-order chi connectivity index (χ1) is 10.8. The Morgan fingerprint density at radius 2 is 2.23 bits per heavy atom. The van der Waals surface area contributed by atoms with Gasteiger partial charge in [0.25, 0.3) is 0 Å². The third-order valence-electron chi connectivity index (χ3n) is 4.14. The molecule has 1 saturated heterocycles. The van der Waals surface area contributed by atoms with Crippen LogP contribution in [-0.2, 0) is 17.8 Å². The Labute approximate surface area is 129 Å². The summed E-state index contributed by atoms with van der Waals surface area (Å²) in [7, 11) is 0. The van der Waals surface area contributed by atoms with Crippen molar-refractivity contribution in [2.45, 2.75) is 44.9 Å². The van der Waals surface area contributed by atoms with Crippen molar-refractivity contribution in [1.29, 1.82) is 0 Å². The first-order valence-electron chi connectivity index (χ1n) is 7.91. The molecule has 1 aliphatic carbocycles. The minimum absolute atomic E-state index is 0.152. The van der Waals surface area contributed by atoms with E-state index in [1.165, 1.54) is 18.4 Å². The van der Waals surface area contributed by atoms with Crippen LogP contribution < -0.4 is 0 Å². The highest BCUT2D eigenvalue weighted by Crippen LogP contribution is 2.39. The molecule has 0 bridgehead atoms. The lowest BCUT2D eigenvalue weighted by atomic mass is 10.2. The van der Waals surface area contributed by atoms with Crippen LogP contribution in [0.3, 0.4) is 0 Å². The highest BCUT2D eigenvalue weighted by atomic mass is 16.5. The van der Waals surface area contributed by atoms with Gasteiger partial charge in [-0.25, -0.2) is 0 Å². The van der Waals surface area contributed by atoms with E-state index in [0.29, 0.717) is 12.5 Å². The minimum Gasteiger partial charge on any atom is -0.424 e. The van der Waals surface area contributed by atoms with Crippen molar-refractivity contribution >= 4 is 0 Å². The summed E-state index contributed by atoms with van der Waals surface area (Å²) in [4.78, 5) is 2.31. The molecule has 2 aromatic rings. The molecule has 0 amide bonds. The van der Waals surface area contributed by atoms with Crippen LogP contribution in [0.25, 0.3) is 0 Å². The van der Waals surface area contributed by atoms with Gasteiger partial charge in [-0.2, -0.15) is 5.10 Å². The standard InChI is InChI=1S/C15H21N5O2/c1-11-6-16-20(7-11)9-13-8-19(4-5-21-13)10-14-17-18-15(22-14)12-2-3-12/h6-7,12-13H,2-5,8-10H2,1H3/t13-/m1/s1. The van der Waals surface area contributed by atoms with Crippen molar-refractivity contribution in [3.05, 3.63) is 29.7 Å². The molecular weight excluding hydrogens is 282 g/mol. The Morgan fingerprint density at radius 3 is 3.00 bits per heavy atom. The summed E-state index contributed by atoms with van der Waals surface area (Å²) in [5, 5.41) is 12.6. The summed E-state index contributed by atoms with van der Waals surface area (Å²) in [6, 6.07) is 0. The lowest BCUT2D eigenvalue weighted by Gasteiger charge is -2.31. The predicted molar refractivity (Wildman–Crippen MR) is 78.3 cm³/mol. The van der Waals surface area contributed by atoms with Gasteiger partial charge in [-0.3, -0.25) is 9.58 Å². The van der Waals surface area contributed by atoms with E-state index in [-0.39, 0.29) is 6.10 Å². The van der Waals surface area contributed by atoms with Crippen LogP contribution in [0.1, 0.15) is 36.1 Å². The number of aromatic nitrogens is 4. The molecule has 2 aromatic heterocycles. The van der Waals surface area contributed by atoms with E-state index in [9.17, 15) is 0 Å². The van der Waals surface area contributed by atoms with Crippen molar-refractivity contribution in [1.82, 2.24) is 24.9 Å². The summed E-state index contributed by atoms with van der Waals surface area (Å²) in [5.74, 6) is 2.05. The summed E-state index contributed by atoms with van der Waals surface area (Å²) in [5.41, 5.74) is 1.17. The molecule has 2 aliphatic rings. The third-order valence-corrected chi connectivity index (χ3v) is 4.14. The SMILES string of the molecule is Cc1cnn(C[C@H]2CN(Cc3nnc(C4CC4)o3)CCO2)c1. The average molecular weight is 303 g/mol. The molecule has 1 saturated carbocycles. The van der Waals surface area contributed by atoms with Gasteiger partial charge in [-0.15, -0.1) is 10.2 Å². The Hall–Kier alpha value is -1.73. The van der Waals surface area contributed by atoms with E-state index < -0.39 is 0 Å². The maximum Gasteiger partial charge on any atom is 0.230 e. The Kier molecular flexibility index (Phi) is 3.67. The molecule has 0 aromatic carbocycles. The largest absolute Gasteiger partial charge is 0.424 e. The number of rotatable bonds is 5. The quantitative estimate of drug-likeness (QED) is 0.830. The molecule has 2 fully saturated rings. The molecule has 3 heterocycles. The number of hydrogen-bond donors (Lipinski definition) is 0. The lowest BCUT2D eigenvalue weighted by molar-refractivity contribution is -0.0423. The molecule has 0 radical (unpaired) electrons. The molecule has 22 heavy (non-hydrogen) atoms. The zero-order chi connectivity index (χ0) is 14.9. The van der Waals surface area contributed by atoms with Gasteiger partial charge in [0.05, 0.1) is 32.0 Å². The zero-order valence-electron chi connectivity index (χ0n) is 12.8. The fourth-order valence-corrected chi connectivity index (χ4v) is 2.83. The highest BCUT2D eigenvalue weighted by molar-refractivity contribution is 5.00. The van der Waals surface area contributed by atoms with Gasteiger partial charge in [-0.1, -0.05) is 0 Å². The average Bonchev–Trinajstić information content (AvgIpc) is 3.13. The Morgan fingerprint density at radius 1 is 1.32 bits per heavy atom. The Bertz CT molecular complexity index is 633. The fourth-order valence-electron chi connectivity index (χ4n) is 2.83. The molecule has 7 heteroatoms. The molecular formula is C15H21N5O2. The van der Waals surface area contributed by atoms with Crippen LogP contribution in [0.4, 0.5) is 0 Å². The van der Waals surface area contributed by atoms with Crippen LogP contribution in [0.15, 0.2) is 16.8 Å². The smallest absolute Gasteiger partial charge is 0.230 e. The molecule has 0 spiro atoms. The molecule has 7 nitrogen and oxygen atoms in total. The van der Waals surface area contributed by atoms with E-state index in [1.807, 2.05) is 24.0 Å². The highest BCUT2D eigenvalue weighted by Gasteiger charge is 2.30. The van der Waals surface area contributed by atoms with Gasteiger partial charge >= 0.3 is 0 Å². The van der Waals surface area contributed by atoms with Crippen LogP contribution in [-0.4, -0.2) is 50.7 Å². The van der Waals surface area contributed by atoms with Gasteiger partial charge in [0, 0.05) is 25.2 Å². The summed E-state index contributed by atoms with van der Waals surface area (Å²) < 4.78 is 13.5. The van der Waals surface area contributed by atoms with Crippen LogP contribution >= 0.6 is 0 Å². The van der Waals surface area contributed by atoms with Crippen LogP contribution in [0, 0.1) is 6.92 Å². The maximum absolute atomic E-state index is 5.84. The lowest BCUT2D eigenvalue weighted by Crippen LogP contribution is -2.43. The number of morpholine rings is 1. The number of aryl methyl sites for hydroxylation is 1. The minimum atomic E-state index is 0.152. The normalized spacial score (nSPS) is 23.0. The number of hydrogen-bond acceptors (Lipinski definition) is 6. The van der Waals surface area contributed by atoms with Crippen molar-refractivity contribution in [2.75, 3.05) is 19.7 Å².